The first-order valence-electron chi connectivity index (χ1n) is 7.92. The number of nitrogens with zero attached hydrogens (tertiary/aromatic N) is 1. The summed E-state index contributed by atoms with van der Waals surface area (Å²) in [4.78, 5) is 49.9. The number of carbonyl (C=O) groups is 2. The summed E-state index contributed by atoms with van der Waals surface area (Å²) in [6, 6.07) is 15.1. The van der Waals surface area contributed by atoms with Crippen LogP contribution >= 0.6 is 0 Å². The van der Waals surface area contributed by atoms with Gasteiger partial charge in [-0.05, 0) is 24.3 Å². The number of aromatic amines is 1. The minimum absolute atomic E-state index is 0.0506. The SMILES string of the molecule is O=C(CCn1c(=O)[nH]c(=O)c2ccccc21)NNC(=O)c1ccccc1. The van der Waals surface area contributed by atoms with Crippen LogP contribution in [0.4, 0.5) is 0 Å². The van der Waals surface area contributed by atoms with E-state index in [1.54, 1.807) is 54.6 Å². The second-order valence-corrected chi connectivity index (χ2v) is 5.55. The van der Waals surface area contributed by atoms with Gasteiger partial charge in [0, 0.05) is 18.5 Å². The summed E-state index contributed by atoms with van der Waals surface area (Å²) in [5, 5.41) is 0.366. The number of rotatable bonds is 4. The molecule has 0 fully saturated rings. The van der Waals surface area contributed by atoms with Gasteiger partial charge >= 0.3 is 5.69 Å². The van der Waals surface area contributed by atoms with E-state index in [1.165, 1.54) is 4.57 Å². The maximum atomic E-state index is 12.0. The fourth-order valence-electron chi connectivity index (χ4n) is 2.53. The maximum absolute atomic E-state index is 12.0. The smallest absolute Gasteiger partial charge is 0.293 e. The summed E-state index contributed by atoms with van der Waals surface area (Å²) >= 11 is 0. The highest BCUT2D eigenvalue weighted by Gasteiger charge is 2.10. The van der Waals surface area contributed by atoms with E-state index in [1.807, 2.05) is 0 Å². The van der Waals surface area contributed by atoms with Gasteiger partial charge in [0.25, 0.3) is 11.5 Å². The van der Waals surface area contributed by atoms with Crippen LogP contribution < -0.4 is 22.1 Å². The van der Waals surface area contributed by atoms with E-state index < -0.39 is 23.1 Å². The fraction of sp³-hybridized carbons (Fsp3) is 0.111. The Morgan fingerprint density at radius 3 is 2.38 bits per heavy atom. The lowest BCUT2D eigenvalue weighted by molar-refractivity contribution is -0.122. The number of H-pyrrole nitrogens is 1. The van der Waals surface area contributed by atoms with Crippen molar-refractivity contribution in [2.45, 2.75) is 13.0 Å². The van der Waals surface area contributed by atoms with Crippen LogP contribution in [0.2, 0.25) is 0 Å². The molecule has 2 amide bonds. The van der Waals surface area contributed by atoms with E-state index in [4.69, 9.17) is 0 Å². The van der Waals surface area contributed by atoms with Gasteiger partial charge in [0.15, 0.2) is 0 Å². The van der Waals surface area contributed by atoms with Gasteiger partial charge in [-0.15, -0.1) is 0 Å². The Morgan fingerprint density at radius 1 is 0.923 bits per heavy atom. The zero-order valence-corrected chi connectivity index (χ0v) is 13.7. The Labute approximate surface area is 147 Å². The lowest BCUT2D eigenvalue weighted by Crippen LogP contribution is -2.42. The number of amides is 2. The van der Waals surface area contributed by atoms with Crippen LogP contribution in [0.3, 0.4) is 0 Å². The van der Waals surface area contributed by atoms with E-state index in [-0.39, 0.29) is 13.0 Å². The van der Waals surface area contributed by atoms with E-state index in [0.717, 1.165) is 0 Å². The molecule has 0 atom stereocenters. The van der Waals surface area contributed by atoms with E-state index in [2.05, 4.69) is 15.8 Å². The van der Waals surface area contributed by atoms with E-state index in [9.17, 15) is 19.2 Å². The Balaban J connectivity index is 1.65. The molecule has 132 valence electrons. The van der Waals surface area contributed by atoms with Gasteiger partial charge in [-0.25, -0.2) is 4.79 Å². The molecule has 3 N–H and O–H groups in total. The summed E-state index contributed by atoms with van der Waals surface area (Å²) < 4.78 is 1.31. The molecule has 1 aromatic heterocycles. The molecule has 2 aromatic carbocycles. The number of hydrazine groups is 1. The molecular formula is C18H16N4O4. The second kappa shape index (κ2) is 7.47. The van der Waals surface area contributed by atoms with Crippen LogP contribution in [-0.4, -0.2) is 21.4 Å². The molecule has 0 aliphatic rings. The number of para-hydroxylation sites is 1. The van der Waals surface area contributed by atoms with Crippen molar-refractivity contribution in [3.63, 3.8) is 0 Å². The minimum atomic E-state index is -0.588. The lowest BCUT2D eigenvalue weighted by atomic mass is 10.2. The van der Waals surface area contributed by atoms with Gasteiger partial charge in [0.05, 0.1) is 10.9 Å². The molecular weight excluding hydrogens is 336 g/mol. The Bertz CT molecular complexity index is 1070. The third-order valence-corrected chi connectivity index (χ3v) is 3.82. The highest BCUT2D eigenvalue weighted by Crippen LogP contribution is 2.07. The van der Waals surface area contributed by atoms with Crippen LogP contribution in [0.15, 0.2) is 64.2 Å². The molecule has 0 spiro atoms. The monoisotopic (exact) mass is 352 g/mol. The molecule has 8 heteroatoms. The summed E-state index contributed by atoms with van der Waals surface area (Å²) in [6.07, 6.45) is -0.0506. The highest BCUT2D eigenvalue weighted by atomic mass is 16.2. The van der Waals surface area contributed by atoms with Crippen molar-refractivity contribution in [1.82, 2.24) is 20.4 Å². The lowest BCUT2D eigenvalue weighted by Gasteiger charge is -2.10. The molecule has 0 bridgehead atoms. The van der Waals surface area contributed by atoms with Crippen molar-refractivity contribution in [3.8, 4) is 0 Å². The zero-order chi connectivity index (χ0) is 18.5. The maximum Gasteiger partial charge on any atom is 0.328 e. The molecule has 0 aliphatic heterocycles. The largest absolute Gasteiger partial charge is 0.328 e. The summed E-state index contributed by atoms with van der Waals surface area (Å²) in [5.74, 6) is -0.901. The predicted molar refractivity (Wildman–Crippen MR) is 95.5 cm³/mol. The quantitative estimate of drug-likeness (QED) is 0.595. The average molecular weight is 352 g/mol. The van der Waals surface area contributed by atoms with Crippen molar-refractivity contribution < 1.29 is 9.59 Å². The van der Waals surface area contributed by atoms with Gasteiger partial charge in [-0.1, -0.05) is 30.3 Å². The first-order chi connectivity index (χ1) is 12.6. The van der Waals surface area contributed by atoms with Crippen molar-refractivity contribution >= 4 is 22.7 Å². The number of fused-ring (bicyclic) bond motifs is 1. The Morgan fingerprint density at radius 2 is 1.62 bits per heavy atom. The number of carbonyl (C=O) groups excluding carboxylic acids is 2. The van der Waals surface area contributed by atoms with Gasteiger partial charge in [0.2, 0.25) is 5.91 Å². The summed E-state index contributed by atoms with van der Waals surface area (Å²) in [7, 11) is 0. The normalized spacial score (nSPS) is 10.5. The van der Waals surface area contributed by atoms with Crippen molar-refractivity contribution in [3.05, 3.63) is 81.0 Å². The zero-order valence-electron chi connectivity index (χ0n) is 13.7. The van der Waals surface area contributed by atoms with Crippen LogP contribution in [0.1, 0.15) is 16.8 Å². The average Bonchev–Trinajstić information content (AvgIpc) is 2.66. The third kappa shape index (κ3) is 3.69. The molecule has 3 rings (SSSR count). The predicted octanol–water partition coefficient (Wildman–Crippen LogP) is 0.541. The highest BCUT2D eigenvalue weighted by molar-refractivity contribution is 5.95. The van der Waals surface area contributed by atoms with Gasteiger partial charge < -0.3 is 0 Å². The van der Waals surface area contributed by atoms with Crippen LogP contribution in [-0.2, 0) is 11.3 Å². The number of hydrogen-bond acceptors (Lipinski definition) is 4. The molecule has 0 aliphatic carbocycles. The van der Waals surface area contributed by atoms with Crippen LogP contribution in [0.25, 0.3) is 10.9 Å². The standard InChI is InChI=1S/C18H16N4O4/c23-15(20-21-16(24)12-6-2-1-3-7-12)10-11-22-14-9-5-4-8-13(14)17(25)19-18(22)26/h1-9H,10-11H2,(H,20,23)(H,21,24)(H,19,25,26). The number of hydrogen-bond donors (Lipinski definition) is 3. The van der Waals surface area contributed by atoms with Crippen LogP contribution in [0.5, 0.6) is 0 Å². The Kier molecular flexibility index (Phi) is 4.93. The number of aryl methyl sites for hydroxylation is 1. The number of aromatic nitrogens is 2. The minimum Gasteiger partial charge on any atom is -0.293 e. The molecule has 26 heavy (non-hydrogen) atoms. The summed E-state index contributed by atoms with van der Waals surface area (Å²) in [5.41, 5.74) is 4.42. The number of benzene rings is 2. The van der Waals surface area contributed by atoms with Gasteiger partial charge in [-0.2, -0.15) is 0 Å². The molecule has 1 heterocycles. The van der Waals surface area contributed by atoms with Crippen LogP contribution in [0, 0.1) is 0 Å². The van der Waals surface area contributed by atoms with E-state index >= 15 is 0 Å². The summed E-state index contributed by atoms with van der Waals surface area (Å²) in [6.45, 7) is 0.0587. The van der Waals surface area contributed by atoms with Crippen molar-refractivity contribution in [2.75, 3.05) is 0 Å². The number of nitrogens with one attached hydrogen (secondary N) is 3. The topological polar surface area (TPSA) is 113 Å². The molecule has 3 aromatic rings. The second-order valence-electron chi connectivity index (χ2n) is 5.55. The molecule has 8 nitrogen and oxygen atoms in total. The van der Waals surface area contributed by atoms with E-state index in [0.29, 0.717) is 16.5 Å². The molecule has 0 saturated carbocycles. The molecule has 0 saturated heterocycles. The van der Waals surface area contributed by atoms with Crippen molar-refractivity contribution in [1.29, 1.82) is 0 Å². The van der Waals surface area contributed by atoms with Gasteiger partial charge in [-0.3, -0.25) is 34.8 Å². The first-order valence-corrected chi connectivity index (χ1v) is 7.92. The van der Waals surface area contributed by atoms with Gasteiger partial charge in [0.1, 0.15) is 0 Å². The third-order valence-electron chi connectivity index (χ3n) is 3.82. The fourth-order valence-corrected chi connectivity index (χ4v) is 2.53. The molecule has 0 unspecified atom stereocenters. The van der Waals surface area contributed by atoms with Crippen molar-refractivity contribution in [2.24, 2.45) is 0 Å². The first kappa shape index (κ1) is 17.2. The Hall–Kier alpha value is -3.68. The molecule has 0 radical (unpaired) electrons.